The highest BCUT2D eigenvalue weighted by molar-refractivity contribution is 5.96. The maximum atomic E-state index is 12.6. The largest absolute Gasteiger partial charge is 0.309 e. The number of carbonyl (C=O) groups is 1. The molecule has 1 unspecified atom stereocenters. The summed E-state index contributed by atoms with van der Waals surface area (Å²) < 4.78 is 0. The van der Waals surface area contributed by atoms with Gasteiger partial charge in [0.25, 0.3) is 0 Å². The van der Waals surface area contributed by atoms with Crippen LogP contribution in [0.4, 0.5) is 5.82 Å². The van der Waals surface area contributed by atoms with Crippen molar-refractivity contribution in [2.75, 3.05) is 12.4 Å². The van der Waals surface area contributed by atoms with Crippen molar-refractivity contribution in [3.63, 3.8) is 0 Å². The fraction of sp³-hybridized carbons (Fsp3) is 0.115. The van der Waals surface area contributed by atoms with Crippen LogP contribution in [0.2, 0.25) is 0 Å². The van der Waals surface area contributed by atoms with Gasteiger partial charge >= 0.3 is 0 Å². The zero-order chi connectivity index (χ0) is 23.0. The van der Waals surface area contributed by atoms with E-state index in [1.165, 1.54) is 6.33 Å². The van der Waals surface area contributed by atoms with Gasteiger partial charge in [0.15, 0.2) is 0 Å². The van der Waals surface area contributed by atoms with Crippen molar-refractivity contribution in [2.24, 2.45) is 0 Å². The van der Waals surface area contributed by atoms with E-state index in [1.54, 1.807) is 38.8 Å². The number of nitrogens with one attached hydrogen (secondary N) is 2. The van der Waals surface area contributed by atoms with Gasteiger partial charge in [-0.25, -0.2) is 15.0 Å². The lowest BCUT2D eigenvalue weighted by Crippen LogP contribution is -2.35. The summed E-state index contributed by atoms with van der Waals surface area (Å²) >= 11 is 0. The number of benzene rings is 1. The average molecular weight is 435 g/mol. The van der Waals surface area contributed by atoms with Crippen LogP contribution in [-0.2, 0) is 4.79 Å². The lowest BCUT2D eigenvalue weighted by Gasteiger charge is -2.16. The number of amides is 1. The third-order valence-corrected chi connectivity index (χ3v) is 5.02. The zero-order valence-electron chi connectivity index (χ0n) is 18.3. The maximum Gasteiger partial charge on any atom is 0.242 e. The Bertz CT molecular complexity index is 1300. The first-order chi connectivity index (χ1) is 16.2. The number of likely N-dealkylation sites (N-methyl/N-ethyl adjacent to an activating group) is 1. The maximum absolute atomic E-state index is 12.6. The van der Waals surface area contributed by atoms with Gasteiger partial charge in [-0.05, 0) is 49.7 Å². The molecule has 0 aliphatic rings. The highest BCUT2D eigenvalue weighted by Crippen LogP contribution is 2.35. The van der Waals surface area contributed by atoms with Gasteiger partial charge in [0.1, 0.15) is 17.8 Å². The third kappa shape index (κ3) is 5.26. The fourth-order valence-corrected chi connectivity index (χ4v) is 3.19. The lowest BCUT2D eigenvalue weighted by atomic mass is 9.95. The van der Waals surface area contributed by atoms with Gasteiger partial charge in [-0.1, -0.05) is 30.2 Å². The van der Waals surface area contributed by atoms with Crippen molar-refractivity contribution in [3.05, 3.63) is 90.9 Å². The summed E-state index contributed by atoms with van der Waals surface area (Å²) in [4.78, 5) is 29.9. The predicted molar refractivity (Wildman–Crippen MR) is 128 cm³/mol. The molecule has 0 fully saturated rings. The second-order valence-corrected chi connectivity index (χ2v) is 7.26. The molecule has 0 aliphatic heterocycles. The van der Waals surface area contributed by atoms with Crippen LogP contribution in [0.15, 0.2) is 79.6 Å². The molecular weight excluding hydrogens is 412 g/mol. The molecule has 0 radical (unpaired) electrons. The van der Waals surface area contributed by atoms with Crippen LogP contribution in [-0.4, -0.2) is 38.9 Å². The van der Waals surface area contributed by atoms with Crippen molar-refractivity contribution in [3.8, 4) is 34.1 Å². The van der Waals surface area contributed by atoms with Crippen LogP contribution in [0.25, 0.3) is 22.3 Å². The monoisotopic (exact) mass is 434 g/mol. The van der Waals surface area contributed by atoms with E-state index in [1.807, 2.05) is 48.5 Å². The van der Waals surface area contributed by atoms with Gasteiger partial charge < -0.3 is 10.6 Å². The van der Waals surface area contributed by atoms with Crippen LogP contribution in [0.3, 0.4) is 0 Å². The highest BCUT2D eigenvalue weighted by atomic mass is 16.2. The van der Waals surface area contributed by atoms with E-state index in [9.17, 15) is 4.79 Å². The molecule has 162 valence electrons. The van der Waals surface area contributed by atoms with E-state index >= 15 is 0 Å². The molecule has 0 saturated heterocycles. The summed E-state index contributed by atoms with van der Waals surface area (Å²) in [5.74, 6) is 6.57. The number of hydrogen-bond donors (Lipinski definition) is 2. The molecule has 0 bridgehead atoms. The Hall–Kier alpha value is -4.41. The van der Waals surface area contributed by atoms with Crippen LogP contribution >= 0.6 is 0 Å². The Balaban J connectivity index is 1.94. The first-order valence-corrected chi connectivity index (χ1v) is 10.4. The molecule has 1 amide bonds. The summed E-state index contributed by atoms with van der Waals surface area (Å²) in [5, 5.41) is 5.82. The molecular formula is C26H22N6O. The highest BCUT2D eigenvalue weighted by Gasteiger charge is 2.18. The van der Waals surface area contributed by atoms with Crippen LogP contribution < -0.4 is 10.6 Å². The van der Waals surface area contributed by atoms with E-state index in [-0.39, 0.29) is 11.9 Å². The second kappa shape index (κ2) is 10.3. The van der Waals surface area contributed by atoms with Gasteiger partial charge in [-0.2, -0.15) is 0 Å². The molecule has 1 atom stereocenters. The molecule has 0 saturated carbocycles. The summed E-state index contributed by atoms with van der Waals surface area (Å²) in [6, 6.07) is 14.9. The normalized spacial score (nSPS) is 11.2. The Labute approximate surface area is 192 Å². The average Bonchev–Trinajstić information content (AvgIpc) is 2.88. The van der Waals surface area contributed by atoms with Crippen molar-refractivity contribution in [2.45, 2.75) is 13.0 Å². The first kappa shape index (κ1) is 21.8. The molecule has 7 heteroatoms. The number of nitrogens with zero attached hydrogens (tertiary/aromatic N) is 4. The number of aromatic nitrogens is 4. The Kier molecular flexibility index (Phi) is 6.78. The molecule has 7 nitrogen and oxygen atoms in total. The Morgan fingerprint density at radius 2 is 1.70 bits per heavy atom. The quantitative estimate of drug-likeness (QED) is 0.467. The first-order valence-electron chi connectivity index (χ1n) is 10.4. The number of hydrogen-bond acceptors (Lipinski definition) is 6. The van der Waals surface area contributed by atoms with Gasteiger partial charge in [0.2, 0.25) is 5.91 Å². The molecule has 1 aromatic carbocycles. The Morgan fingerprint density at radius 1 is 0.939 bits per heavy atom. The number of rotatable bonds is 5. The van der Waals surface area contributed by atoms with Gasteiger partial charge in [0.05, 0.1) is 6.04 Å². The molecule has 2 N–H and O–H groups in total. The zero-order valence-corrected chi connectivity index (χ0v) is 18.3. The molecule has 0 spiro atoms. The van der Waals surface area contributed by atoms with E-state index < -0.39 is 0 Å². The van der Waals surface area contributed by atoms with Gasteiger partial charge in [-0.15, -0.1) is 0 Å². The number of anilines is 1. The summed E-state index contributed by atoms with van der Waals surface area (Å²) in [6.45, 7) is 1.78. The SMILES string of the molecule is CNC(C)C(=O)Nc1cc(-c2cccnc2)c(-c2cncnc2)c(C#Cc2ccccc2)n1. The van der Waals surface area contributed by atoms with Crippen molar-refractivity contribution >= 4 is 11.7 Å². The molecule has 4 rings (SSSR count). The summed E-state index contributed by atoms with van der Waals surface area (Å²) in [7, 11) is 1.73. The van der Waals surface area contributed by atoms with Crippen LogP contribution in [0.1, 0.15) is 18.2 Å². The van der Waals surface area contributed by atoms with Crippen LogP contribution in [0.5, 0.6) is 0 Å². The van der Waals surface area contributed by atoms with Crippen molar-refractivity contribution < 1.29 is 4.79 Å². The molecule has 33 heavy (non-hydrogen) atoms. The van der Waals surface area contributed by atoms with Gasteiger partial charge in [0, 0.05) is 47.0 Å². The number of carbonyl (C=O) groups excluding carboxylic acids is 1. The fourth-order valence-electron chi connectivity index (χ4n) is 3.19. The molecule has 3 heterocycles. The predicted octanol–water partition coefficient (Wildman–Crippen LogP) is 3.55. The van der Waals surface area contributed by atoms with E-state index in [0.717, 1.165) is 27.8 Å². The summed E-state index contributed by atoms with van der Waals surface area (Å²) in [5.41, 5.74) is 4.57. The van der Waals surface area contributed by atoms with Crippen LogP contribution in [0, 0.1) is 11.8 Å². The smallest absolute Gasteiger partial charge is 0.242 e. The molecule has 3 aromatic heterocycles. The topological polar surface area (TPSA) is 92.7 Å². The lowest BCUT2D eigenvalue weighted by molar-refractivity contribution is -0.117. The number of pyridine rings is 2. The molecule has 0 aliphatic carbocycles. The van der Waals surface area contributed by atoms with E-state index in [4.69, 9.17) is 4.98 Å². The minimum Gasteiger partial charge on any atom is -0.309 e. The van der Waals surface area contributed by atoms with Crippen molar-refractivity contribution in [1.29, 1.82) is 0 Å². The van der Waals surface area contributed by atoms with E-state index in [2.05, 4.69) is 37.4 Å². The minimum atomic E-state index is -0.380. The standard InChI is InChI=1S/C26H22N6O/c1-18(27-2)26(33)32-24-13-22(20-9-6-12-28-14-20)25(21-15-29-17-30-16-21)23(31-24)11-10-19-7-4-3-5-8-19/h3-9,12-18,27H,1-2H3,(H,31,32,33). The van der Waals surface area contributed by atoms with E-state index in [0.29, 0.717) is 11.5 Å². The van der Waals surface area contributed by atoms with Gasteiger partial charge in [-0.3, -0.25) is 9.78 Å². The third-order valence-electron chi connectivity index (χ3n) is 5.02. The minimum absolute atomic E-state index is 0.195. The Morgan fingerprint density at radius 3 is 2.39 bits per heavy atom. The molecule has 4 aromatic rings. The summed E-state index contributed by atoms with van der Waals surface area (Å²) in [6.07, 6.45) is 8.39. The van der Waals surface area contributed by atoms with Crippen molar-refractivity contribution in [1.82, 2.24) is 25.3 Å². The second-order valence-electron chi connectivity index (χ2n) is 7.26.